The molecule has 1 aromatic rings. The molecule has 1 heterocycles. The van der Waals surface area contributed by atoms with Gasteiger partial charge in [-0.2, -0.15) is 5.26 Å². The summed E-state index contributed by atoms with van der Waals surface area (Å²) < 4.78 is 5.12. The van der Waals surface area contributed by atoms with Gasteiger partial charge in [0.2, 0.25) is 0 Å². The number of nitriles is 1. The fraction of sp³-hybridized carbons (Fsp3) is 0.357. The van der Waals surface area contributed by atoms with Crippen LogP contribution in [0.4, 0.5) is 10.5 Å². The maximum absolute atomic E-state index is 12.2. The quantitative estimate of drug-likeness (QED) is 0.880. The lowest BCUT2D eigenvalue weighted by Gasteiger charge is -2.22. The van der Waals surface area contributed by atoms with Crippen LogP contribution in [-0.4, -0.2) is 41.7 Å². The minimum absolute atomic E-state index is 0.355. The molecule has 0 aromatic heterocycles. The number of rotatable bonds is 3. The van der Waals surface area contributed by atoms with Crippen molar-refractivity contribution >= 4 is 17.7 Å². The second-order valence-electron chi connectivity index (χ2n) is 4.65. The van der Waals surface area contributed by atoms with Crippen LogP contribution in [0.1, 0.15) is 18.4 Å². The van der Waals surface area contributed by atoms with Gasteiger partial charge in [-0.15, -0.1) is 0 Å². The number of carbonyl (C=O) groups is 2. The van der Waals surface area contributed by atoms with Crippen molar-refractivity contribution in [3.63, 3.8) is 0 Å². The Balaban J connectivity index is 2.16. The molecule has 110 valence electrons. The van der Waals surface area contributed by atoms with Crippen molar-refractivity contribution in [1.82, 2.24) is 4.90 Å². The number of aliphatic carboxylic acids is 1. The van der Waals surface area contributed by atoms with Gasteiger partial charge < -0.3 is 20.1 Å². The van der Waals surface area contributed by atoms with E-state index in [0.29, 0.717) is 36.4 Å². The average molecular weight is 289 g/mol. The SMILES string of the molecule is COc1cc(C#N)ccc1NC(=O)N1CCC[C@H]1C(=O)O. The summed E-state index contributed by atoms with van der Waals surface area (Å²) >= 11 is 0. The number of urea groups is 1. The van der Waals surface area contributed by atoms with Crippen LogP contribution in [0.5, 0.6) is 5.75 Å². The van der Waals surface area contributed by atoms with E-state index < -0.39 is 18.0 Å². The van der Waals surface area contributed by atoms with E-state index in [1.807, 2.05) is 6.07 Å². The van der Waals surface area contributed by atoms with E-state index in [2.05, 4.69) is 5.32 Å². The molecule has 2 amide bonds. The van der Waals surface area contributed by atoms with Crippen LogP contribution in [0.25, 0.3) is 0 Å². The number of carboxylic acids is 1. The molecule has 7 nitrogen and oxygen atoms in total. The third-order valence-corrected chi connectivity index (χ3v) is 3.37. The van der Waals surface area contributed by atoms with Crippen LogP contribution >= 0.6 is 0 Å². The monoisotopic (exact) mass is 289 g/mol. The van der Waals surface area contributed by atoms with Crippen molar-refractivity contribution in [2.24, 2.45) is 0 Å². The first-order valence-electron chi connectivity index (χ1n) is 6.45. The van der Waals surface area contributed by atoms with Gasteiger partial charge in [-0.1, -0.05) is 0 Å². The van der Waals surface area contributed by atoms with Crippen molar-refractivity contribution in [1.29, 1.82) is 5.26 Å². The van der Waals surface area contributed by atoms with E-state index in [9.17, 15) is 9.59 Å². The molecule has 0 radical (unpaired) electrons. The van der Waals surface area contributed by atoms with E-state index in [1.165, 1.54) is 18.1 Å². The van der Waals surface area contributed by atoms with Crippen molar-refractivity contribution in [2.75, 3.05) is 19.0 Å². The standard InChI is InChI=1S/C14H15N3O4/c1-21-12-7-9(8-15)4-5-10(12)16-14(20)17-6-2-3-11(17)13(18)19/h4-5,7,11H,2-3,6H2,1H3,(H,16,20)(H,18,19)/t11-/m0/s1. The summed E-state index contributed by atoms with van der Waals surface area (Å²) in [4.78, 5) is 24.6. The highest BCUT2D eigenvalue weighted by Crippen LogP contribution is 2.27. The number of carbonyl (C=O) groups excluding carboxylic acids is 1. The summed E-state index contributed by atoms with van der Waals surface area (Å²) in [6.45, 7) is 0.404. The first-order chi connectivity index (χ1) is 10.1. The molecule has 1 fully saturated rings. The van der Waals surface area contributed by atoms with Crippen LogP contribution < -0.4 is 10.1 Å². The summed E-state index contributed by atoms with van der Waals surface area (Å²) in [6, 6.07) is 5.32. The van der Waals surface area contributed by atoms with Gasteiger partial charge in [0, 0.05) is 12.6 Å². The predicted octanol–water partition coefficient (Wildman–Crippen LogP) is 1.65. The molecule has 1 saturated heterocycles. The fourth-order valence-electron chi connectivity index (χ4n) is 2.32. The normalized spacial score (nSPS) is 17.1. The van der Waals surface area contributed by atoms with Crippen LogP contribution in [0.2, 0.25) is 0 Å². The summed E-state index contributed by atoms with van der Waals surface area (Å²) in [5.41, 5.74) is 0.812. The third-order valence-electron chi connectivity index (χ3n) is 3.37. The van der Waals surface area contributed by atoms with Crippen molar-refractivity contribution < 1.29 is 19.4 Å². The Bertz CT molecular complexity index is 609. The Labute approximate surface area is 121 Å². The smallest absolute Gasteiger partial charge is 0.326 e. The third kappa shape index (κ3) is 3.05. The number of benzene rings is 1. The molecule has 2 rings (SSSR count). The lowest BCUT2D eigenvalue weighted by atomic mass is 10.2. The van der Waals surface area contributed by atoms with Gasteiger partial charge >= 0.3 is 12.0 Å². The van der Waals surface area contributed by atoms with Crippen LogP contribution in [0.3, 0.4) is 0 Å². The summed E-state index contributed by atoms with van der Waals surface area (Å²) in [7, 11) is 1.43. The molecule has 0 unspecified atom stereocenters. The van der Waals surface area contributed by atoms with Crippen molar-refractivity contribution in [2.45, 2.75) is 18.9 Å². The molecule has 0 bridgehead atoms. The number of anilines is 1. The van der Waals surface area contributed by atoms with Crippen LogP contribution in [0, 0.1) is 11.3 Å². The van der Waals surface area contributed by atoms with Gasteiger partial charge in [-0.3, -0.25) is 0 Å². The number of nitrogens with one attached hydrogen (secondary N) is 1. The van der Waals surface area contributed by atoms with Gasteiger partial charge in [0.15, 0.2) is 0 Å². The van der Waals surface area contributed by atoms with Crippen LogP contribution in [0.15, 0.2) is 18.2 Å². The molecule has 1 aliphatic rings. The Morgan fingerprint density at radius 2 is 2.29 bits per heavy atom. The van der Waals surface area contributed by atoms with Gasteiger partial charge in [0.25, 0.3) is 0 Å². The number of hydrogen-bond donors (Lipinski definition) is 2. The molecule has 7 heteroatoms. The Kier molecular flexibility index (Phi) is 4.28. The zero-order valence-electron chi connectivity index (χ0n) is 11.5. The Hall–Kier alpha value is -2.75. The maximum Gasteiger partial charge on any atom is 0.326 e. The van der Waals surface area contributed by atoms with E-state index >= 15 is 0 Å². The Morgan fingerprint density at radius 3 is 2.90 bits per heavy atom. The molecular weight excluding hydrogens is 274 g/mol. The molecular formula is C14H15N3O4. The second-order valence-corrected chi connectivity index (χ2v) is 4.65. The summed E-state index contributed by atoms with van der Waals surface area (Å²) in [5, 5.41) is 20.5. The second kappa shape index (κ2) is 6.13. The zero-order valence-corrected chi connectivity index (χ0v) is 11.5. The molecule has 1 aliphatic heterocycles. The van der Waals surface area contributed by atoms with Gasteiger partial charge in [-0.25, -0.2) is 9.59 Å². The molecule has 21 heavy (non-hydrogen) atoms. The first kappa shape index (κ1) is 14.7. The maximum atomic E-state index is 12.2. The van der Waals surface area contributed by atoms with Gasteiger partial charge in [0.1, 0.15) is 11.8 Å². The largest absolute Gasteiger partial charge is 0.495 e. The molecule has 0 aliphatic carbocycles. The van der Waals surface area contributed by atoms with E-state index in [1.54, 1.807) is 12.1 Å². The molecule has 1 aromatic carbocycles. The number of hydrogen-bond acceptors (Lipinski definition) is 4. The summed E-state index contributed by atoms with van der Waals surface area (Å²) in [5.74, 6) is -0.650. The highest BCUT2D eigenvalue weighted by atomic mass is 16.5. The number of nitrogens with zero attached hydrogens (tertiary/aromatic N) is 2. The number of ether oxygens (including phenoxy) is 1. The zero-order chi connectivity index (χ0) is 15.4. The average Bonchev–Trinajstić information content (AvgIpc) is 2.97. The highest BCUT2D eigenvalue weighted by Gasteiger charge is 2.34. The number of amides is 2. The number of likely N-dealkylation sites (tertiary alicyclic amines) is 1. The topological polar surface area (TPSA) is 103 Å². The van der Waals surface area contributed by atoms with Gasteiger partial charge in [-0.05, 0) is 25.0 Å². The van der Waals surface area contributed by atoms with Crippen molar-refractivity contribution in [3.05, 3.63) is 23.8 Å². The van der Waals surface area contributed by atoms with Crippen molar-refractivity contribution in [3.8, 4) is 11.8 Å². The lowest BCUT2D eigenvalue weighted by Crippen LogP contribution is -2.42. The summed E-state index contributed by atoms with van der Waals surface area (Å²) in [6.07, 6.45) is 1.11. The minimum Gasteiger partial charge on any atom is -0.495 e. The first-order valence-corrected chi connectivity index (χ1v) is 6.45. The molecule has 2 N–H and O–H groups in total. The minimum atomic E-state index is -1.01. The van der Waals surface area contributed by atoms with Crippen LogP contribution in [-0.2, 0) is 4.79 Å². The predicted molar refractivity (Wildman–Crippen MR) is 74.1 cm³/mol. The van der Waals surface area contributed by atoms with E-state index in [0.717, 1.165) is 0 Å². The Morgan fingerprint density at radius 1 is 1.52 bits per heavy atom. The number of methoxy groups -OCH3 is 1. The van der Waals surface area contributed by atoms with Gasteiger partial charge in [0.05, 0.1) is 24.4 Å². The molecule has 0 spiro atoms. The molecule has 0 saturated carbocycles. The molecule has 1 atom stereocenters. The highest BCUT2D eigenvalue weighted by molar-refractivity contribution is 5.94. The van der Waals surface area contributed by atoms with E-state index in [-0.39, 0.29) is 0 Å². The lowest BCUT2D eigenvalue weighted by molar-refractivity contribution is -0.141. The van der Waals surface area contributed by atoms with E-state index in [4.69, 9.17) is 15.1 Å². The fourth-order valence-corrected chi connectivity index (χ4v) is 2.32. The number of carboxylic acid groups (broad SMARTS) is 1.